The minimum absolute atomic E-state index is 0.160. The molecule has 1 fully saturated rings. The van der Waals surface area contributed by atoms with Crippen molar-refractivity contribution < 1.29 is 14.3 Å². The average Bonchev–Trinajstić information content (AvgIpc) is 2.79. The predicted octanol–water partition coefficient (Wildman–Crippen LogP) is 1.63. The number of aldehydes is 1. The van der Waals surface area contributed by atoms with Gasteiger partial charge in [-0.3, -0.25) is 9.78 Å². The van der Waals surface area contributed by atoms with E-state index in [0.717, 1.165) is 4.47 Å². The molecule has 1 atom stereocenters. The zero-order valence-corrected chi connectivity index (χ0v) is 10.1. The van der Waals surface area contributed by atoms with Crippen molar-refractivity contribution in [2.45, 2.75) is 6.42 Å². The summed E-state index contributed by atoms with van der Waals surface area (Å²) >= 11 is 3.24. The van der Waals surface area contributed by atoms with Crippen molar-refractivity contribution in [1.29, 1.82) is 0 Å². The third kappa shape index (κ3) is 1.92. The van der Waals surface area contributed by atoms with E-state index in [0.29, 0.717) is 25.0 Å². The van der Waals surface area contributed by atoms with Gasteiger partial charge in [0.05, 0.1) is 6.61 Å². The SMILES string of the molecule is O=CC1(C(=O)c2ccc(Br)cn2)CCOC1. The van der Waals surface area contributed by atoms with Gasteiger partial charge in [-0.1, -0.05) is 0 Å². The van der Waals surface area contributed by atoms with Gasteiger partial charge >= 0.3 is 0 Å². The maximum Gasteiger partial charge on any atom is 0.196 e. The van der Waals surface area contributed by atoms with E-state index in [2.05, 4.69) is 20.9 Å². The van der Waals surface area contributed by atoms with Crippen molar-refractivity contribution in [1.82, 2.24) is 4.98 Å². The molecule has 16 heavy (non-hydrogen) atoms. The van der Waals surface area contributed by atoms with Gasteiger partial charge in [-0.2, -0.15) is 0 Å². The molecule has 1 saturated heterocycles. The Bertz CT molecular complexity index is 410. The van der Waals surface area contributed by atoms with E-state index in [4.69, 9.17) is 4.74 Å². The van der Waals surface area contributed by atoms with Crippen LogP contribution in [0.1, 0.15) is 16.9 Å². The summed E-state index contributed by atoms with van der Waals surface area (Å²) < 4.78 is 5.93. The summed E-state index contributed by atoms with van der Waals surface area (Å²) in [6, 6.07) is 3.34. The molecule has 1 aliphatic rings. The zero-order chi connectivity index (χ0) is 11.6. The van der Waals surface area contributed by atoms with E-state index in [1.54, 1.807) is 18.3 Å². The lowest BCUT2D eigenvalue weighted by atomic mass is 9.83. The minimum Gasteiger partial charge on any atom is -0.380 e. The number of carbonyl (C=O) groups is 2. The molecule has 0 saturated carbocycles. The molecule has 2 rings (SSSR count). The molecule has 4 nitrogen and oxygen atoms in total. The standard InChI is InChI=1S/C11H10BrNO3/c12-8-1-2-9(13-5-8)10(15)11(6-14)3-4-16-7-11/h1-2,5-6H,3-4,7H2. The molecule has 84 valence electrons. The molecule has 0 aliphatic carbocycles. The largest absolute Gasteiger partial charge is 0.380 e. The summed E-state index contributed by atoms with van der Waals surface area (Å²) in [7, 11) is 0. The number of rotatable bonds is 3. The summed E-state index contributed by atoms with van der Waals surface area (Å²) in [5.41, 5.74) is -0.721. The van der Waals surface area contributed by atoms with E-state index >= 15 is 0 Å². The number of hydrogen-bond donors (Lipinski definition) is 0. The fourth-order valence-electron chi connectivity index (χ4n) is 1.67. The lowest BCUT2D eigenvalue weighted by molar-refractivity contribution is -0.114. The number of ketones is 1. The van der Waals surface area contributed by atoms with Gasteiger partial charge in [-0.15, -0.1) is 0 Å². The first kappa shape index (κ1) is 11.4. The van der Waals surface area contributed by atoms with Crippen molar-refractivity contribution in [2.24, 2.45) is 5.41 Å². The number of ether oxygens (including phenoxy) is 1. The van der Waals surface area contributed by atoms with E-state index in [1.807, 2.05) is 0 Å². The lowest BCUT2D eigenvalue weighted by Gasteiger charge is -2.17. The Labute approximate surface area is 101 Å². The Morgan fingerprint density at radius 1 is 1.56 bits per heavy atom. The Morgan fingerprint density at radius 2 is 2.38 bits per heavy atom. The fraction of sp³-hybridized carbons (Fsp3) is 0.364. The third-order valence-electron chi connectivity index (χ3n) is 2.69. The van der Waals surface area contributed by atoms with Crippen LogP contribution in [0, 0.1) is 5.41 Å². The maximum absolute atomic E-state index is 12.1. The summed E-state index contributed by atoms with van der Waals surface area (Å²) in [5.74, 6) is -0.257. The van der Waals surface area contributed by atoms with Crippen LogP contribution in [0.15, 0.2) is 22.8 Å². The van der Waals surface area contributed by atoms with Crippen LogP contribution in [0.3, 0.4) is 0 Å². The van der Waals surface area contributed by atoms with Crippen LogP contribution in [-0.4, -0.2) is 30.3 Å². The molecule has 2 heterocycles. The Morgan fingerprint density at radius 3 is 2.88 bits per heavy atom. The molecule has 0 aromatic carbocycles. The molecule has 1 aromatic heterocycles. The average molecular weight is 284 g/mol. The van der Waals surface area contributed by atoms with Gasteiger partial charge in [0, 0.05) is 17.3 Å². The number of pyridine rings is 1. The minimum atomic E-state index is -1.03. The van der Waals surface area contributed by atoms with Crippen LogP contribution in [0.2, 0.25) is 0 Å². The molecular weight excluding hydrogens is 274 g/mol. The summed E-state index contributed by atoms with van der Waals surface area (Å²) in [4.78, 5) is 27.2. The molecule has 0 spiro atoms. The van der Waals surface area contributed by atoms with Crippen molar-refractivity contribution >= 4 is 28.0 Å². The van der Waals surface area contributed by atoms with Crippen molar-refractivity contribution in [2.75, 3.05) is 13.2 Å². The van der Waals surface area contributed by atoms with Crippen LogP contribution < -0.4 is 0 Å². The van der Waals surface area contributed by atoms with Crippen LogP contribution in [-0.2, 0) is 9.53 Å². The highest BCUT2D eigenvalue weighted by Crippen LogP contribution is 2.30. The number of Topliss-reactive ketones (excluding diaryl/α,β-unsaturated/α-hetero) is 1. The first-order chi connectivity index (χ1) is 7.68. The molecule has 0 amide bonds. The van der Waals surface area contributed by atoms with Gasteiger partial charge in [0.2, 0.25) is 0 Å². The first-order valence-electron chi connectivity index (χ1n) is 4.88. The molecular formula is C11H10BrNO3. The fourth-order valence-corrected chi connectivity index (χ4v) is 1.91. The molecule has 1 unspecified atom stereocenters. The van der Waals surface area contributed by atoms with Crippen LogP contribution in [0.25, 0.3) is 0 Å². The van der Waals surface area contributed by atoms with Gasteiger partial charge < -0.3 is 9.53 Å². The van der Waals surface area contributed by atoms with Gasteiger partial charge in [-0.05, 0) is 34.5 Å². The highest BCUT2D eigenvalue weighted by molar-refractivity contribution is 9.10. The normalized spacial score (nSPS) is 24.3. The monoisotopic (exact) mass is 283 g/mol. The number of aromatic nitrogens is 1. The van der Waals surface area contributed by atoms with E-state index in [9.17, 15) is 9.59 Å². The lowest BCUT2D eigenvalue weighted by Crippen LogP contribution is -2.33. The Kier molecular flexibility index (Phi) is 3.16. The van der Waals surface area contributed by atoms with E-state index < -0.39 is 5.41 Å². The van der Waals surface area contributed by atoms with E-state index in [-0.39, 0.29) is 12.4 Å². The van der Waals surface area contributed by atoms with Gasteiger partial charge in [0.25, 0.3) is 0 Å². The molecule has 0 bridgehead atoms. The number of halogens is 1. The Hall–Kier alpha value is -1.07. The van der Waals surface area contributed by atoms with Crippen molar-refractivity contribution in [3.05, 3.63) is 28.5 Å². The van der Waals surface area contributed by atoms with E-state index in [1.165, 1.54) is 0 Å². The highest BCUT2D eigenvalue weighted by Gasteiger charge is 2.43. The number of nitrogens with zero attached hydrogens (tertiary/aromatic N) is 1. The van der Waals surface area contributed by atoms with Gasteiger partial charge in [0.1, 0.15) is 17.4 Å². The molecule has 5 heteroatoms. The Balaban J connectivity index is 2.30. The van der Waals surface area contributed by atoms with Crippen molar-refractivity contribution in [3.8, 4) is 0 Å². The quantitative estimate of drug-likeness (QED) is 0.481. The second kappa shape index (κ2) is 4.43. The van der Waals surface area contributed by atoms with Gasteiger partial charge in [-0.25, -0.2) is 0 Å². The van der Waals surface area contributed by atoms with Crippen LogP contribution in [0.5, 0.6) is 0 Å². The van der Waals surface area contributed by atoms with Gasteiger partial charge in [0.15, 0.2) is 5.78 Å². The second-order valence-electron chi connectivity index (χ2n) is 3.77. The zero-order valence-electron chi connectivity index (χ0n) is 8.48. The second-order valence-corrected chi connectivity index (χ2v) is 4.68. The molecule has 1 aliphatic heterocycles. The first-order valence-corrected chi connectivity index (χ1v) is 5.68. The maximum atomic E-state index is 12.1. The van der Waals surface area contributed by atoms with Crippen LogP contribution in [0.4, 0.5) is 0 Å². The molecule has 1 aromatic rings. The number of hydrogen-bond acceptors (Lipinski definition) is 4. The summed E-state index contributed by atoms with van der Waals surface area (Å²) in [6.07, 6.45) is 2.67. The molecule has 0 N–H and O–H groups in total. The number of carbonyl (C=O) groups excluding carboxylic acids is 2. The van der Waals surface area contributed by atoms with Crippen LogP contribution >= 0.6 is 15.9 Å². The summed E-state index contributed by atoms with van der Waals surface area (Å²) in [6.45, 7) is 0.605. The predicted molar refractivity (Wildman–Crippen MR) is 60.2 cm³/mol. The topological polar surface area (TPSA) is 56.3 Å². The molecule has 0 radical (unpaired) electrons. The highest BCUT2D eigenvalue weighted by atomic mass is 79.9. The van der Waals surface area contributed by atoms with Crippen molar-refractivity contribution in [3.63, 3.8) is 0 Å². The summed E-state index contributed by atoms with van der Waals surface area (Å²) in [5, 5.41) is 0. The third-order valence-corrected chi connectivity index (χ3v) is 3.16. The smallest absolute Gasteiger partial charge is 0.196 e.